The SMILES string of the molecule is NCc1cccc(C(=O)N[C@@H](/C=C/[C@H](Cc2ccc3ccccc3c2)C(N)=O)Cc2ccc3ccccc3c2)c1. The summed E-state index contributed by atoms with van der Waals surface area (Å²) in [4.78, 5) is 25.7. The number of hydrogen-bond acceptors (Lipinski definition) is 3. The van der Waals surface area contributed by atoms with Gasteiger partial charge in [0.2, 0.25) is 5.91 Å². The number of nitrogens with one attached hydrogen (secondary N) is 1. The van der Waals surface area contributed by atoms with E-state index in [-0.39, 0.29) is 11.9 Å². The Morgan fingerprint density at radius 3 is 1.85 bits per heavy atom. The molecule has 0 saturated heterocycles. The lowest BCUT2D eigenvalue weighted by Gasteiger charge is -2.18. The van der Waals surface area contributed by atoms with Gasteiger partial charge in [-0.3, -0.25) is 9.59 Å². The Balaban J connectivity index is 1.40. The Morgan fingerprint density at radius 2 is 1.25 bits per heavy atom. The molecular weight excluding hydrogens is 494 g/mol. The Labute approximate surface area is 234 Å². The number of primary amides is 1. The highest BCUT2D eigenvalue weighted by molar-refractivity contribution is 5.94. The molecule has 0 heterocycles. The first-order valence-corrected chi connectivity index (χ1v) is 13.5. The van der Waals surface area contributed by atoms with Gasteiger partial charge in [-0.05, 0) is 63.2 Å². The van der Waals surface area contributed by atoms with Crippen molar-refractivity contribution in [3.8, 4) is 0 Å². The second-order valence-corrected chi connectivity index (χ2v) is 10.1. The first kappa shape index (κ1) is 26.9. The molecule has 5 aromatic carbocycles. The van der Waals surface area contributed by atoms with E-state index in [4.69, 9.17) is 11.5 Å². The van der Waals surface area contributed by atoms with Gasteiger partial charge in [-0.25, -0.2) is 0 Å². The molecular formula is C35H33N3O2. The molecule has 0 aliphatic carbocycles. The van der Waals surface area contributed by atoms with Crippen LogP contribution in [0.2, 0.25) is 0 Å². The maximum absolute atomic E-state index is 13.2. The molecule has 0 radical (unpaired) electrons. The van der Waals surface area contributed by atoms with Crippen molar-refractivity contribution in [2.24, 2.45) is 17.4 Å². The minimum atomic E-state index is -0.516. The van der Waals surface area contributed by atoms with Crippen LogP contribution in [0.4, 0.5) is 0 Å². The summed E-state index contributed by atoms with van der Waals surface area (Å²) < 4.78 is 0. The van der Waals surface area contributed by atoms with Gasteiger partial charge >= 0.3 is 0 Å². The number of nitrogens with two attached hydrogens (primary N) is 2. The quantitative estimate of drug-likeness (QED) is 0.203. The Morgan fingerprint density at radius 1 is 0.650 bits per heavy atom. The van der Waals surface area contributed by atoms with Crippen molar-refractivity contribution < 1.29 is 9.59 Å². The summed E-state index contributed by atoms with van der Waals surface area (Å²) in [5.41, 5.74) is 15.2. The van der Waals surface area contributed by atoms with Crippen LogP contribution in [0, 0.1) is 5.92 Å². The zero-order valence-electron chi connectivity index (χ0n) is 22.3. The molecule has 0 spiro atoms. The van der Waals surface area contributed by atoms with E-state index in [9.17, 15) is 9.59 Å². The molecule has 5 aromatic rings. The highest BCUT2D eigenvalue weighted by Gasteiger charge is 2.17. The minimum absolute atomic E-state index is 0.198. The molecule has 0 unspecified atom stereocenters. The van der Waals surface area contributed by atoms with Gasteiger partial charge in [0.15, 0.2) is 0 Å². The van der Waals surface area contributed by atoms with Crippen LogP contribution in [0.3, 0.4) is 0 Å². The lowest BCUT2D eigenvalue weighted by molar-refractivity contribution is -0.120. The molecule has 200 valence electrons. The number of amides is 2. The average molecular weight is 528 g/mol. The molecule has 0 saturated carbocycles. The van der Waals surface area contributed by atoms with Crippen LogP contribution in [0.15, 0.2) is 121 Å². The zero-order valence-corrected chi connectivity index (χ0v) is 22.3. The highest BCUT2D eigenvalue weighted by Crippen LogP contribution is 2.20. The Bertz CT molecular complexity index is 1690. The summed E-state index contributed by atoms with van der Waals surface area (Å²) >= 11 is 0. The normalized spacial score (nSPS) is 12.9. The molecule has 0 aromatic heterocycles. The molecule has 5 N–H and O–H groups in total. The summed E-state index contributed by atoms with van der Waals surface area (Å²) in [6.07, 6.45) is 4.77. The lowest BCUT2D eigenvalue weighted by Crippen LogP contribution is -2.35. The largest absolute Gasteiger partial charge is 0.369 e. The maximum Gasteiger partial charge on any atom is 0.251 e. The number of carbonyl (C=O) groups is 2. The molecule has 5 rings (SSSR count). The van der Waals surface area contributed by atoms with E-state index in [1.807, 2.05) is 54.6 Å². The van der Waals surface area contributed by atoms with Crippen LogP contribution < -0.4 is 16.8 Å². The van der Waals surface area contributed by atoms with Crippen molar-refractivity contribution in [3.05, 3.63) is 144 Å². The summed E-state index contributed by atoms with van der Waals surface area (Å²) in [7, 11) is 0. The topological polar surface area (TPSA) is 98.2 Å². The highest BCUT2D eigenvalue weighted by atomic mass is 16.2. The van der Waals surface area contributed by atoms with Gasteiger partial charge < -0.3 is 16.8 Å². The van der Waals surface area contributed by atoms with Crippen LogP contribution in [-0.4, -0.2) is 17.9 Å². The maximum atomic E-state index is 13.2. The lowest BCUT2D eigenvalue weighted by atomic mass is 9.94. The number of hydrogen-bond donors (Lipinski definition) is 3. The fourth-order valence-corrected chi connectivity index (χ4v) is 5.03. The van der Waals surface area contributed by atoms with E-state index in [0.717, 1.165) is 38.2 Å². The number of carbonyl (C=O) groups excluding carboxylic acids is 2. The van der Waals surface area contributed by atoms with Gasteiger partial charge in [-0.2, -0.15) is 0 Å². The summed E-state index contributed by atoms with van der Waals surface area (Å²) in [6.45, 7) is 0.358. The van der Waals surface area contributed by atoms with E-state index in [0.29, 0.717) is 24.9 Å². The van der Waals surface area contributed by atoms with E-state index in [1.165, 1.54) is 0 Å². The molecule has 0 fully saturated rings. The third kappa shape index (κ3) is 6.63. The molecule has 40 heavy (non-hydrogen) atoms. The van der Waals surface area contributed by atoms with E-state index in [2.05, 4.69) is 59.9 Å². The predicted molar refractivity (Wildman–Crippen MR) is 163 cm³/mol. The molecule has 2 amide bonds. The minimum Gasteiger partial charge on any atom is -0.369 e. The first-order valence-electron chi connectivity index (χ1n) is 13.5. The van der Waals surface area contributed by atoms with Crippen LogP contribution >= 0.6 is 0 Å². The monoisotopic (exact) mass is 527 g/mol. The van der Waals surface area contributed by atoms with Crippen LogP contribution in [0.1, 0.15) is 27.0 Å². The summed E-state index contributed by atoms with van der Waals surface area (Å²) in [5, 5.41) is 7.70. The Hall–Kier alpha value is -4.74. The van der Waals surface area contributed by atoms with Gasteiger partial charge in [0.25, 0.3) is 5.91 Å². The summed E-state index contributed by atoms with van der Waals surface area (Å²) in [6, 6.07) is 35.8. The number of fused-ring (bicyclic) bond motifs is 2. The van der Waals surface area contributed by atoms with Crippen LogP contribution in [0.25, 0.3) is 21.5 Å². The third-order valence-corrected chi connectivity index (χ3v) is 7.22. The molecule has 5 nitrogen and oxygen atoms in total. The molecule has 0 bridgehead atoms. The van der Waals surface area contributed by atoms with Gasteiger partial charge in [0, 0.05) is 12.1 Å². The van der Waals surface area contributed by atoms with Crippen LogP contribution in [0.5, 0.6) is 0 Å². The van der Waals surface area contributed by atoms with Crippen molar-refractivity contribution >= 4 is 33.4 Å². The van der Waals surface area contributed by atoms with E-state index in [1.54, 1.807) is 12.1 Å². The van der Waals surface area contributed by atoms with Crippen molar-refractivity contribution in [2.75, 3.05) is 0 Å². The zero-order chi connectivity index (χ0) is 27.9. The fourth-order valence-electron chi connectivity index (χ4n) is 5.03. The number of benzene rings is 5. The predicted octanol–water partition coefficient (Wildman–Crippen LogP) is 5.69. The van der Waals surface area contributed by atoms with Crippen molar-refractivity contribution in [1.82, 2.24) is 5.32 Å². The summed E-state index contributed by atoms with van der Waals surface area (Å²) in [5.74, 6) is -1.12. The second-order valence-electron chi connectivity index (χ2n) is 10.1. The fraction of sp³-hybridized carbons (Fsp3) is 0.143. The molecule has 0 aliphatic heterocycles. The van der Waals surface area contributed by atoms with Crippen LogP contribution in [-0.2, 0) is 24.2 Å². The average Bonchev–Trinajstić information content (AvgIpc) is 2.98. The molecule has 0 aliphatic rings. The number of rotatable bonds is 10. The third-order valence-electron chi connectivity index (χ3n) is 7.22. The molecule has 5 heteroatoms. The standard InChI is InChI=1S/C35H33N3O2/c36-23-26-6-5-11-32(21-26)35(40)38-33(22-25-13-15-28-8-2-4-10-30(28)19-25)17-16-31(34(37)39)20-24-12-14-27-7-1-3-9-29(27)18-24/h1-19,21,31,33H,20,22-23,36H2,(H2,37,39)(H,38,40)/b17-16+/t31-,33+/m1/s1. The van der Waals surface area contributed by atoms with Gasteiger partial charge in [0.05, 0.1) is 12.0 Å². The molecule has 2 atom stereocenters. The Kier molecular flexibility index (Phi) is 8.33. The van der Waals surface area contributed by atoms with Crippen molar-refractivity contribution in [3.63, 3.8) is 0 Å². The van der Waals surface area contributed by atoms with Gasteiger partial charge in [-0.15, -0.1) is 0 Å². The first-order chi connectivity index (χ1) is 19.5. The van der Waals surface area contributed by atoms with Gasteiger partial charge in [0.1, 0.15) is 0 Å². The van der Waals surface area contributed by atoms with Gasteiger partial charge in [-0.1, -0.05) is 109 Å². The smallest absolute Gasteiger partial charge is 0.251 e. The van der Waals surface area contributed by atoms with Crippen molar-refractivity contribution in [1.29, 1.82) is 0 Å². The van der Waals surface area contributed by atoms with E-state index >= 15 is 0 Å². The second kappa shape index (κ2) is 12.4. The van der Waals surface area contributed by atoms with Crippen molar-refractivity contribution in [2.45, 2.75) is 25.4 Å². The van der Waals surface area contributed by atoms with E-state index < -0.39 is 11.8 Å².